The van der Waals surface area contributed by atoms with E-state index in [1.54, 1.807) is 16.8 Å². The fourth-order valence-electron chi connectivity index (χ4n) is 3.70. The van der Waals surface area contributed by atoms with Gasteiger partial charge in [-0.2, -0.15) is 0 Å². The molecule has 8 heteroatoms. The molecule has 1 aromatic heterocycles. The molecule has 3 N–H and O–H groups in total. The van der Waals surface area contributed by atoms with Crippen molar-refractivity contribution < 1.29 is 14.4 Å². The number of amides is 3. The number of thiocarbonyl (C=S) groups is 1. The van der Waals surface area contributed by atoms with Gasteiger partial charge in [-0.1, -0.05) is 30.3 Å². The van der Waals surface area contributed by atoms with Crippen molar-refractivity contribution in [1.82, 2.24) is 9.88 Å². The Morgan fingerprint density at radius 3 is 2.61 bits per heavy atom. The number of carbonyl (C=O) groups excluding carboxylic acids is 3. The Kier molecular flexibility index (Phi) is 5.16. The summed E-state index contributed by atoms with van der Waals surface area (Å²) in [6.07, 6.45) is 3.23. The van der Waals surface area contributed by atoms with Gasteiger partial charge in [-0.25, -0.2) is 0 Å². The highest BCUT2D eigenvalue weighted by molar-refractivity contribution is 7.80. The Morgan fingerprint density at radius 1 is 1.13 bits per heavy atom. The lowest BCUT2D eigenvalue weighted by Gasteiger charge is -2.30. The summed E-state index contributed by atoms with van der Waals surface area (Å²) >= 11 is 5.30. The zero-order chi connectivity index (χ0) is 22.3. The minimum absolute atomic E-state index is 0.0114. The van der Waals surface area contributed by atoms with Crippen molar-refractivity contribution >= 4 is 57.7 Å². The van der Waals surface area contributed by atoms with Crippen molar-refractivity contribution in [2.24, 2.45) is 5.73 Å². The molecule has 1 fully saturated rings. The van der Waals surface area contributed by atoms with Gasteiger partial charge in [0.25, 0.3) is 11.8 Å². The zero-order valence-electron chi connectivity index (χ0n) is 17.0. The van der Waals surface area contributed by atoms with Gasteiger partial charge in [0.05, 0.1) is 5.69 Å². The van der Waals surface area contributed by atoms with Crippen LogP contribution in [0.25, 0.3) is 17.0 Å². The number of benzene rings is 2. The number of hydrogen-bond acceptors (Lipinski definition) is 4. The van der Waals surface area contributed by atoms with Crippen molar-refractivity contribution in [2.45, 2.75) is 20.4 Å². The number of rotatable bonds is 4. The first kappa shape index (κ1) is 20.5. The van der Waals surface area contributed by atoms with Crippen LogP contribution in [-0.4, -0.2) is 27.4 Å². The average Bonchev–Trinajstić information content (AvgIpc) is 3.05. The molecule has 0 spiro atoms. The Labute approximate surface area is 184 Å². The smallest absolute Gasteiger partial charge is 0.270 e. The summed E-state index contributed by atoms with van der Waals surface area (Å²) in [7, 11) is 0. The summed E-state index contributed by atoms with van der Waals surface area (Å²) < 4.78 is 1.70. The van der Waals surface area contributed by atoms with Crippen LogP contribution < -0.4 is 16.0 Å². The Balaban J connectivity index is 1.83. The lowest BCUT2D eigenvalue weighted by atomic mass is 10.0. The number of primary amides is 1. The molecule has 2 heterocycles. The van der Waals surface area contributed by atoms with Crippen molar-refractivity contribution in [1.29, 1.82) is 0 Å². The first-order valence-corrected chi connectivity index (χ1v) is 10.0. The Hall–Kier alpha value is -3.78. The molecule has 0 unspecified atom stereocenters. The topological polar surface area (TPSA) is 97.4 Å². The van der Waals surface area contributed by atoms with Crippen LogP contribution in [0.15, 0.2) is 54.2 Å². The van der Waals surface area contributed by atoms with Gasteiger partial charge in [0.2, 0.25) is 5.91 Å². The molecule has 7 nitrogen and oxygen atoms in total. The number of anilines is 1. The third kappa shape index (κ3) is 3.62. The van der Waals surface area contributed by atoms with E-state index in [9.17, 15) is 14.4 Å². The van der Waals surface area contributed by atoms with Gasteiger partial charge >= 0.3 is 0 Å². The lowest BCUT2D eigenvalue weighted by molar-refractivity contribution is -0.122. The Bertz CT molecular complexity index is 1310. The fraction of sp³-hybridized carbons (Fsp3) is 0.130. The molecule has 31 heavy (non-hydrogen) atoms. The number of hydrogen-bond donors (Lipinski definition) is 2. The molecule has 3 amide bonds. The fourth-order valence-corrected chi connectivity index (χ4v) is 3.97. The minimum atomic E-state index is -0.566. The highest BCUT2D eigenvalue weighted by atomic mass is 32.1. The molecule has 1 aliphatic heterocycles. The molecule has 1 saturated heterocycles. The largest absolute Gasteiger partial charge is 0.368 e. The van der Waals surface area contributed by atoms with E-state index >= 15 is 0 Å². The molecular weight excluding hydrogens is 412 g/mol. The molecular formula is C23H20N4O3S. The standard InChI is InChI=1S/C23H20N4O3S/c1-13-6-5-9-18(14(13)2)27-22(30)17(21(29)25-23(27)31)10-15-11-26(12-20(24)28)19-8-4-3-7-16(15)19/h3-11H,12H2,1-2H3,(H2,24,28)(H,25,29,31). The van der Waals surface area contributed by atoms with Crippen LogP contribution in [0.3, 0.4) is 0 Å². The zero-order valence-corrected chi connectivity index (χ0v) is 17.8. The summed E-state index contributed by atoms with van der Waals surface area (Å²) in [5.41, 5.74) is 9.25. The van der Waals surface area contributed by atoms with Crippen LogP contribution in [0, 0.1) is 13.8 Å². The number of fused-ring (bicyclic) bond motifs is 1. The normalized spacial score (nSPS) is 15.6. The molecule has 3 aromatic rings. The summed E-state index contributed by atoms with van der Waals surface area (Å²) in [6.45, 7) is 3.83. The maximum absolute atomic E-state index is 13.4. The molecule has 0 aliphatic carbocycles. The molecule has 1 aliphatic rings. The van der Waals surface area contributed by atoms with E-state index in [4.69, 9.17) is 18.0 Å². The molecule has 0 saturated carbocycles. The molecule has 2 aromatic carbocycles. The molecule has 0 bridgehead atoms. The monoisotopic (exact) mass is 432 g/mol. The summed E-state index contributed by atoms with van der Waals surface area (Å²) in [5.74, 6) is -1.56. The van der Waals surface area contributed by atoms with E-state index in [1.165, 1.54) is 11.0 Å². The van der Waals surface area contributed by atoms with Crippen LogP contribution in [0.1, 0.15) is 16.7 Å². The second-order valence-electron chi connectivity index (χ2n) is 7.37. The first-order valence-electron chi connectivity index (χ1n) is 9.61. The molecule has 156 valence electrons. The number of aryl methyl sites for hydroxylation is 1. The van der Waals surface area contributed by atoms with Gasteiger partial charge in [0, 0.05) is 22.7 Å². The quantitative estimate of drug-likeness (QED) is 0.376. The van der Waals surface area contributed by atoms with Crippen LogP contribution in [-0.2, 0) is 20.9 Å². The Morgan fingerprint density at radius 2 is 1.87 bits per heavy atom. The molecule has 4 rings (SSSR count). The second-order valence-corrected chi connectivity index (χ2v) is 7.76. The van der Waals surface area contributed by atoms with E-state index < -0.39 is 17.7 Å². The van der Waals surface area contributed by atoms with Crippen molar-refractivity contribution in [3.05, 3.63) is 70.9 Å². The number of nitrogens with one attached hydrogen (secondary N) is 1. The van der Waals surface area contributed by atoms with Gasteiger partial charge < -0.3 is 10.3 Å². The number of nitrogens with zero attached hydrogens (tertiary/aromatic N) is 2. The van der Waals surface area contributed by atoms with Crippen LogP contribution in [0.2, 0.25) is 0 Å². The van der Waals surface area contributed by atoms with Gasteiger partial charge in [-0.15, -0.1) is 0 Å². The number of aromatic nitrogens is 1. The molecule has 0 atom stereocenters. The lowest BCUT2D eigenvalue weighted by Crippen LogP contribution is -2.54. The second kappa shape index (κ2) is 7.81. The van der Waals surface area contributed by atoms with Crippen molar-refractivity contribution in [3.8, 4) is 0 Å². The SMILES string of the molecule is Cc1cccc(N2C(=O)C(=Cc3cn(CC(N)=O)c4ccccc34)C(=O)NC2=S)c1C. The van der Waals surface area contributed by atoms with Gasteiger partial charge in [-0.05, 0) is 55.4 Å². The van der Waals surface area contributed by atoms with Crippen LogP contribution >= 0.6 is 12.2 Å². The van der Waals surface area contributed by atoms with E-state index in [2.05, 4.69) is 5.32 Å². The van der Waals surface area contributed by atoms with Crippen LogP contribution in [0.4, 0.5) is 5.69 Å². The third-order valence-electron chi connectivity index (χ3n) is 5.36. The van der Waals surface area contributed by atoms with E-state index in [0.717, 1.165) is 22.0 Å². The van der Waals surface area contributed by atoms with Gasteiger partial charge in [-0.3, -0.25) is 24.6 Å². The average molecular weight is 433 g/mol. The maximum Gasteiger partial charge on any atom is 0.270 e. The number of nitrogens with two attached hydrogens (primary N) is 1. The van der Waals surface area contributed by atoms with E-state index in [0.29, 0.717) is 11.3 Å². The molecule has 0 radical (unpaired) electrons. The van der Waals surface area contributed by atoms with Gasteiger partial charge in [0.1, 0.15) is 12.1 Å². The summed E-state index contributed by atoms with van der Waals surface area (Å²) in [5, 5.41) is 3.44. The predicted octanol–water partition coefficient (Wildman–Crippen LogP) is 2.57. The minimum Gasteiger partial charge on any atom is -0.368 e. The highest BCUT2D eigenvalue weighted by Crippen LogP contribution is 2.29. The van der Waals surface area contributed by atoms with Crippen LogP contribution in [0.5, 0.6) is 0 Å². The van der Waals surface area contributed by atoms with Crippen molar-refractivity contribution in [2.75, 3.05) is 4.90 Å². The third-order valence-corrected chi connectivity index (χ3v) is 5.65. The van der Waals surface area contributed by atoms with E-state index in [1.807, 2.05) is 50.2 Å². The summed E-state index contributed by atoms with van der Waals surface area (Å²) in [6, 6.07) is 13.0. The number of para-hydroxylation sites is 1. The van der Waals surface area contributed by atoms with Crippen molar-refractivity contribution in [3.63, 3.8) is 0 Å². The first-order chi connectivity index (χ1) is 14.8. The maximum atomic E-state index is 13.4. The summed E-state index contributed by atoms with van der Waals surface area (Å²) in [4.78, 5) is 38.8. The van der Waals surface area contributed by atoms with Gasteiger partial charge in [0.15, 0.2) is 5.11 Å². The number of carbonyl (C=O) groups is 3. The predicted molar refractivity (Wildman–Crippen MR) is 123 cm³/mol. The highest BCUT2D eigenvalue weighted by Gasteiger charge is 2.35. The van der Waals surface area contributed by atoms with E-state index in [-0.39, 0.29) is 17.2 Å².